The van der Waals surface area contributed by atoms with E-state index < -0.39 is 17.6 Å². The highest BCUT2D eigenvalue weighted by atomic mass is 19.4. The molecule has 0 bridgehead atoms. The van der Waals surface area contributed by atoms with Crippen LogP contribution in [0, 0.1) is 6.92 Å². The highest BCUT2D eigenvalue weighted by molar-refractivity contribution is 6.04. The molecule has 41 heavy (non-hydrogen) atoms. The van der Waals surface area contributed by atoms with Crippen molar-refractivity contribution in [2.45, 2.75) is 19.6 Å². The van der Waals surface area contributed by atoms with Crippen LogP contribution in [0.5, 0.6) is 11.6 Å². The molecule has 7 nitrogen and oxygen atoms in total. The maximum Gasteiger partial charge on any atom is 0.416 e. The predicted molar refractivity (Wildman–Crippen MR) is 151 cm³/mol. The van der Waals surface area contributed by atoms with Crippen molar-refractivity contribution in [1.82, 2.24) is 19.8 Å². The lowest BCUT2D eigenvalue weighted by molar-refractivity contribution is -0.138. The number of carbonyl (C=O) groups is 1. The zero-order valence-corrected chi connectivity index (χ0v) is 22.8. The van der Waals surface area contributed by atoms with E-state index in [0.717, 1.165) is 30.3 Å². The van der Waals surface area contributed by atoms with Gasteiger partial charge in [-0.1, -0.05) is 42.5 Å². The number of aromatic nitrogens is 2. The van der Waals surface area contributed by atoms with Crippen molar-refractivity contribution in [3.8, 4) is 23.0 Å². The van der Waals surface area contributed by atoms with Crippen LogP contribution in [-0.2, 0) is 12.7 Å². The van der Waals surface area contributed by atoms with Crippen molar-refractivity contribution in [3.63, 3.8) is 0 Å². The van der Waals surface area contributed by atoms with Crippen LogP contribution in [-0.4, -0.2) is 58.9 Å². The Morgan fingerprint density at radius 3 is 2.46 bits per heavy atom. The number of anilines is 1. The Hall–Kier alpha value is -4.28. The molecule has 0 radical (unpaired) electrons. The zero-order chi connectivity index (χ0) is 29.0. The normalized spacial score (nSPS) is 14.6. The summed E-state index contributed by atoms with van der Waals surface area (Å²) < 4.78 is 47.9. The predicted octanol–water partition coefficient (Wildman–Crippen LogP) is 6.26. The number of ether oxygens (including phenoxy) is 1. The molecule has 10 heteroatoms. The van der Waals surface area contributed by atoms with E-state index in [0.29, 0.717) is 30.5 Å². The number of benzene rings is 3. The van der Waals surface area contributed by atoms with Gasteiger partial charge in [0.1, 0.15) is 5.75 Å². The summed E-state index contributed by atoms with van der Waals surface area (Å²) in [4.78, 5) is 26.0. The monoisotopic (exact) mass is 561 g/mol. The molecule has 0 atom stereocenters. The first-order valence-corrected chi connectivity index (χ1v) is 13.2. The molecule has 0 saturated carbocycles. The molecule has 0 spiro atoms. The minimum atomic E-state index is -4.55. The Kier molecular flexibility index (Phi) is 8.32. The fourth-order valence-electron chi connectivity index (χ4n) is 4.60. The summed E-state index contributed by atoms with van der Waals surface area (Å²) in [7, 11) is 2.00. The number of carbonyl (C=O) groups excluding carboxylic acids is 1. The molecule has 4 aromatic rings. The van der Waals surface area contributed by atoms with Gasteiger partial charge in [-0.15, -0.1) is 0 Å². The summed E-state index contributed by atoms with van der Waals surface area (Å²) >= 11 is 0. The Morgan fingerprint density at radius 2 is 1.73 bits per heavy atom. The highest BCUT2D eigenvalue weighted by Gasteiger charge is 2.34. The molecule has 212 valence electrons. The van der Waals surface area contributed by atoms with E-state index in [9.17, 15) is 18.0 Å². The quantitative estimate of drug-likeness (QED) is 0.287. The maximum absolute atomic E-state index is 14.0. The van der Waals surface area contributed by atoms with Gasteiger partial charge in [0.2, 0.25) is 5.88 Å². The Bertz CT molecular complexity index is 1520. The first-order valence-electron chi connectivity index (χ1n) is 13.2. The second-order valence-electron chi connectivity index (χ2n) is 10.1. The average Bonchev–Trinajstić information content (AvgIpc) is 2.96. The number of halogens is 3. The lowest BCUT2D eigenvalue weighted by Crippen LogP contribution is -2.44. The first-order chi connectivity index (χ1) is 19.7. The van der Waals surface area contributed by atoms with Gasteiger partial charge in [-0.25, -0.2) is 4.98 Å². The fourth-order valence-corrected chi connectivity index (χ4v) is 4.60. The number of hydrogen-bond acceptors (Lipinski definition) is 6. The van der Waals surface area contributed by atoms with Gasteiger partial charge in [0, 0.05) is 61.8 Å². The number of hydrogen-bond donors (Lipinski definition) is 1. The van der Waals surface area contributed by atoms with Crippen molar-refractivity contribution < 1.29 is 22.7 Å². The summed E-state index contributed by atoms with van der Waals surface area (Å²) in [6, 6.07) is 19.9. The fraction of sp³-hybridized carbons (Fsp3) is 0.258. The smallest absolute Gasteiger partial charge is 0.416 e. The Labute approximate surface area is 236 Å². The second-order valence-corrected chi connectivity index (χ2v) is 10.1. The van der Waals surface area contributed by atoms with Gasteiger partial charge in [0.15, 0.2) is 5.82 Å². The molecule has 5 rings (SSSR count). The third-order valence-electron chi connectivity index (χ3n) is 6.99. The molecule has 1 fully saturated rings. The second kappa shape index (κ2) is 12.1. The standard InChI is InChI=1S/C31H30F3N5O2/c1-21-8-9-23(18-27(21)41-28-12-13-35-29(37-28)22-6-4-3-5-7-22)30(40)36-25-11-10-24(26(19-25)31(32,33)34)20-39-16-14-38(2)15-17-39/h3-13,18-19H,14-17,20H2,1-2H3,(H,36,40). The molecule has 1 aliphatic rings. The van der Waals surface area contributed by atoms with Crippen LogP contribution in [0.15, 0.2) is 79.0 Å². The zero-order valence-electron chi connectivity index (χ0n) is 22.8. The molecule has 0 aliphatic carbocycles. The van der Waals surface area contributed by atoms with Crippen LogP contribution >= 0.6 is 0 Å². The molecule has 0 unspecified atom stereocenters. The van der Waals surface area contributed by atoms with Crippen LogP contribution in [0.1, 0.15) is 27.0 Å². The number of piperazine rings is 1. The van der Waals surface area contributed by atoms with Crippen LogP contribution in [0.2, 0.25) is 0 Å². The van der Waals surface area contributed by atoms with E-state index in [2.05, 4.69) is 20.2 Å². The van der Waals surface area contributed by atoms with Crippen molar-refractivity contribution in [3.05, 3.63) is 101 Å². The van der Waals surface area contributed by atoms with Gasteiger partial charge in [0.25, 0.3) is 5.91 Å². The largest absolute Gasteiger partial charge is 0.439 e. The molecule has 1 saturated heterocycles. The van der Waals surface area contributed by atoms with E-state index in [-0.39, 0.29) is 23.4 Å². The summed E-state index contributed by atoms with van der Waals surface area (Å²) in [6.07, 6.45) is -2.97. The maximum atomic E-state index is 14.0. The number of nitrogens with one attached hydrogen (secondary N) is 1. The first kappa shape index (κ1) is 28.3. The van der Waals surface area contributed by atoms with Crippen LogP contribution < -0.4 is 10.1 Å². The Morgan fingerprint density at radius 1 is 0.976 bits per heavy atom. The number of alkyl halides is 3. The number of amides is 1. The van der Waals surface area contributed by atoms with Crippen LogP contribution in [0.25, 0.3) is 11.4 Å². The number of nitrogens with zero attached hydrogens (tertiary/aromatic N) is 4. The third kappa shape index (κ3) is 7.08. The summed E-state index contributed by atoms with van der Waals surface area (Å²) in [5, 5.41) is 2.61. The molecule has 2 heterocycles. The summed E-state index contributed by atoms with van der Waals surface area (Å²) in [5.74, 6) is 0.632. The van der Waals surface area contributed by atoms with Crippen molar-refractivity contribution in [1.29, 1.82) is 0 Å². The van der Waals surface area contributed by atoms with E-state index in [1.807, 2.05) is 49.2 Å². The topological polar surface area (TPSA) is 70.6 Å². The number of aryl methyl sites for hydroxylation is 1. The minimum absolute atomic E-state index is 0.0656. The van der Waals surface area contributed by atoms with E-state index in [1.54, 1.807) is 30.5 Å². The molecule has 1 aliphatic heterocycles. The molecular formula is C31H30F3N5O2. The number of likely N-dealkylation sites (N-methyl/N-ethyl adjacent to an activating group) is 1. The molecular weight excluding hydrogens is 531 g/mol. The van der Waals surface area contributed by atoms with Gasteiger partial charge in [-0.2, -0.15) is 18.2 Å². The molecule has 3 aromatic carbocycles. The third-order valence-corrected chi connectivity index (χ3v) is 6.99. The lowest BCUT2D eigenvalue weighted by Gasteiger charge is -2.33. The number of rotatable bonds is 7. The van der Waals surface area contributed by atoms with Gasteiger partial charge in [-0.05, 0) is 49.4 Å². The van der Waals surface area contributed by atoms with E-state index >= 15 is 0 Å². The average molecular weight is 562 g/mol. The highest BCUT2D eigenvalue weighted by Crippen LogP contribution is 2.35. The lowest BCUT2D eigenvalue weighted by atomic mass is 10.0. The van der Waals surface area contributed by atoms with Crippen molar-refractivity contribution in [2.24, 2.45) is 0 Å². The van der Waals surface area contributed by atoms with Crippen LogP contribution in [0.3, 0.4) is 0 Å². The molecule has 1 aromatic heterocycles. The van der Waals surface area contributed by atoms with Crippen molar-refractivity contribution >= 4 is 11.6 Å². The summed E-state index contributed by atoms with van der Waals surface area (Å²) in [5.41, 5.74) is 1.32. The van der Waals surface area contributed by atoms with Crippen LogP contribution in [0.4, 0.5) is 18.9 Å². The SMILES string of the molecule is Cc1ccc(C(=O)Nc2ccc(CN3CCN(C)CC3)c(C(F)(F)F)c2)cc1Oc1ccnc(-c2ccccc2)n1. The Balaban J connectivity index is 1.32. The van der Waals surface area contributed by atoms with Gasteiger partial charge < -0.3 is 15.0 Å². The summed E-state index contributed by atoms with van der Waals surface area (Å²) in [6.45, 7) is 5.04. The van der Waals surface area contributed by atoms with E-state index in [4.69, 9.17) is 4.74 Å². The van der Waals surface area contributed by atoms with Gasteiger partial charge in [0.05, 0.1) is 5.56 Å². The van der Waals surface area contributed by atoms with Crippen molar-refractivity contribution in [2.75, 3.05) is 38.5 Å². The van der Waals surface area contributed by atoms with Gasteiger partial charge in [-0.3, -0.25) is 9.69 Å². The van der Waals surface area contributed by atoms with Gasteiger partial charge >= 0.3 is 6.18 Å². The van der Waals surface area contributed by atoms with E-state index in [1.165, 1.54) is 12.1 Å². The molecule has 1 amide bonds. The molecule has 1 N–H and O–H groups in total. The minimum Gasteiger partial charge on any atom is -0.439 e.